The number of pyridine rings is 1. The number of hydrogen-bond acceptors (Lipinski definition) is 6. The van der Waals surface area contributed by atoms with Gasteiger partial charge in [-0.2, -0.15) is 4.98 Å². The molecule has 10 heteroatoms. The minimum atomic E-state index is -3.87. The van der Waals surface area contributed by atoms with Crippen LogP contribution in [0.25, 0.3) is 28.0 Å². The fraction of sp³-hybridized carbons (Fsp3) is 0.200. The van der Waals surface area contributed by atoms with Crippen LogP contribution in [0.1, 0.15) is 34.8 Å². The van der Waals surface area contributed by atoms with E-state index in [0.29, 0.717) is 28.7 Å². The first-order valence-electron chi connectivity index (χ1n) is 12.5. The number of rotatable bonds is 12. The molecule has 0 aliphatic rings. The number of carbonyl (C=O) groups is 1. The van der Waals surface area contributed by atoms with Gasteiger partial charge >= 0.3 is 0 Å². The van der Waals surface area contributed by atoms with Crippen molar-refractivity contribution in [2.75, 3.05) is 17.5 Å². The maximum Gasteiger partial charge on any atom is 0.255 e. The third kappa shape index (κ3) is 6.64. The number of amides is 1. The molecule has 0 bridgehead atoms. The summed E-state index contributed by atoms with van der Waals surface area (Å²) in [6, 6.07) is 16.6. The van der Waals surface area contributed by atoms with Crippen LogP contribution in [0.15, 0.2) is 84.3 Å². The van der Waals surface area contributed by atoms with Crippen LogP contribution in [0.5, 0.6) is 0 Å². The molecule has 40 heavy (non-hydrogen) atoms. The van der Waals surface area contributed by atoms with Gasteiger partial charge in [-0.3, -0.25) is 9.52 Å². The SMILES string of the molecule is C=C[C@H](CCS(=O)(=O)Nc1nc2oc(-c3ccc(F)cc3)c(C(=O)NC)c2cc1C(=C)C)OCc1ccccc1. The third-order valence-electron chi connectivity index (χ3n) is 6.20. The van der Waals surface area contributed by atoms with Crippen molar-refractivity contribution in [2.24, 2.45) is 0 Å². The Morgan fingerprint density at radius 3 is 2.50 bits per heavy atom. The predicted octanol–water partition coefficient (Wildman–Crippen LogP) is 5.93. The molecular weight excluding hydrogens is 533 g/mol. The highest BCUT2D eigenvalue weighted by atomic mass is 32.2. The topological polar surface area (TPSA) is 111 Å². The fourth-order valence-electron chi connectivity index (χ4n) is 4.10. The molecule has 8 nitrogen and oxygen atoms in total. The lowest BCUT2D eigenvalue weighted by atomic mass is 10.0. The van der Waals surface area contributed by atoms with Crippen molar-refractivity contribution < 1.29 is 26.8 Å². The van der Waals surface area contributed by atoms with Crippen molar-refractivity contribution in [3.05, 3.63) is 102 Å². The van der Waals surface area contributed by atoms with Crippen LogP contribution in [0.4, 0.5) is 10.2 Å². The quantitative estimate of drug-likeness (QED) is 0.207. The van der Waals surface area contributed by atoms with E-state index < -0.39 is 27.9 Å². The number of furan rings is 1. The molecule has 2 N–H and O–H groups in total. The van der Waals surface area contributed by atoms with Gasteiger partial charge in [0.15, 0.2) is 5.82 Å². The Kier molecular flexibility index (Phi) is 8.81. The largest absolute Gasteiger partial charge is 0.437 e. The Labute approximate surface area is 232 Å². The molecule has 0 saturated carbocycles. The molecule has 2 aromatic heterocycles. The maximum atomic E-state index is 13.5. The van der Waals surface area contributed by atoms with Gasteiger partial charge in [-0.15, -0.1) is 6.58 Å². The number of hydrogen-bond donors (Lipinski definition) is 2. The van der Waals surface area contributed by atoms with Gasteiger partial charge in [0, 0.05) is 18.2 Å². The molecule has 0 unspecified atom stereocenters. The molecule has 208 valence electrons. The zero-order chi connectivity index (χ0) is 28.9. The number of allylic oxidation sites excluding steroid dienone is 1. The second-order valence-electron chi connectivity index (χ2n) is 9.19. The number of halogens is 1. The average molecular weight is 564 g/mol. The number of ether oxygens (including phenoxy) is 1. The van der Waals surface area contributed by atoms with E-state index in [1.165, 1.54) is 31.3 Å². The standard InChI is InChI=1S/C30H30FN3O5S/c1-5-23(38-18-20-9-7-6-8-10-20)15-16-40(36,37)34-28-24(19(2)3)17-25-26(29(35)32-4)27(39-30(25)33-28)21-11-13-22(31)14-12-21/h5-14,17,23H,1-2,15-16,18H2,3-4H3,(H,32,35)(H,33,34)/t23-/m1/s1. The number of benzene rings is 2. The van der Waals surface area contributed by atoms with Gasteiger partial charge in [-0.1, -0.05) is 43.0 Å². The first-order valence-corrected chi connectivity index (χ1v) is 14.2. The van der Waals surface area contributed by atoms with Crippen molar-refractivity contribution >= 4 is 38.4 Å². The smallest absolute Gasteiger partial charge is 0.255 e. The van der Waals surface area contributed by atoms with Gasteiger partial charge in [0.2, 0.25) is 15.7 Å². The van der Waals surface area contributed by atoms with Crippen LogP contribution >= 0.6 is 0 Å². The van der Waals surface area contributed by atoms with Crippen molar-refractivity contribution in [3.63, 3.8) is 0 Å². The summed E-state index contributed by atoms with van der Waals surface area (Å²) in [4.78, 5) is 17.3. The molecular formula is C30H30FN3O5S. The van der Waals surface area contributed by atoms with E-state index in [1.807, 2.05) is 30.3 Å². The first-order chi connectivity index (χ1) is 19.1. The number of nitrogens with zero attached hydrogens (tertiary/aromatic N) is 1. The number of aromatic nitrogens is 1. The van der Waals surface area contributed by atoms with Crippen LogP contribution in [-0.2, 0) is 21.4 Å². The third-order valence-corrected chi connectivity index (χ3v) is 7.47. The second kappa shape index (κ2) is 12.3. The van der Waals surface area contributed by atoms with Crippen molar-refractivity contribution in [2.45, 2.75) is 26.1 Å². The summed E-state index contributed by atoms with van der Waals surface area (Å²) in [7, 11) is -2.40. The molecule has 0 saturated heterocycles. The molecule has 2 heterocycles. The van der Waals surface area contributed by atoms with Crippen molar-refractivity contribution in [1.82, 2.24) is 10.3 Å². The summed E-state index contributed by atoms with van der Waals surface area (Å²) in [6.45, 7) is 9.74. The van der Waals surface area contributed by atoms with E-state index in [4.69, 9.17) is 9.15 Å². The molecule has 4 rings (SSSR count). The highest BCUT2D eigenvalue weighted by Gasteiger charge is 2.25. The van der Waals surface area contributed by atoms with Crippen molar-refractivity contribution in [1.29, 1.82) is 0 Å². The highest BCUT2D eigenvalue weighted by molar-refractivity contribution is 7.92. The molecule has 4 aromatic rings. The van der Waals surface area contributed by atoms with Crippen LogP contribution in [0.3, 0.4) is 0 Å². The predicted molar refractivity (Wildman–Crippen MR) is 155 cm³/mol. The highest BCUT2D eigenvalue weighted by Crippen LogP contribution is 2.36. The maximum absolute atomic E-state index is 13.5. The van der Waals surface area contributed by atoms with Gasteiger partial charge in [0.1, 0.15) is 11.6 Å². The van der Waals surface area contributed by atoms with E-state index in [0.717, 1.165) is 5.56 Å². The number of fused-ring (bicyclic) bond motifs is 1. The minimum absolute atomic E-state index is 0.0169. The molecule has 0 aliphatic carbocycles. The Morgan fingerprint density at radius 1 is 1.18 bits per heavy atom. The molecule has 0 spiro atoms. The molecule has 2 aromatic carbocycles. The monoisotopic (exact) mass is 563 g/mol. The minimum Gasteiger partial charge on any atom is -0.437 e. The Balaban J connectivity index is 1.62. The second-order valence-corrected chi connectivity index (χ2v) is 11.0. The van der Waals surface area contributed by atoms with E-state index in [2.05, 4.69) is 28.2 Å². The molecule has 1 amide bonds. The molecule has 0 aliphatic heterocycles. The van der Waals surface area contributed by atoms with Gasteiger partial charge < -0.3 is 14.5 Å². The van der Waals surface area contributed by atoms with Gasteiger partial charge in [0.05, 0.1) is 29.4 Å². The number of anilines is 1. The van der Waals surface area contributed by atoms with Gasteiger partial charge in [-0.05, 0) is 54.8 Å². The first kappa shape index (κ1) is 28.7. The summed E-state index contributed by atoms with van der Waals surface area (Å²) < 4.78 is 54.0. The van der Waals surface area contributed by atoms with E-state index >= 15 is 0 Å². The van der Waals surface area contributed by atoms with Gasteiger partial charge in [0.25, 0.3) is 5.91 Å². The Bertz CT molecular complexity index is 1650. The zero-order valence-corrected chi connectivity index (χ0v) is 23.1. The van der Waals surface area contributed by atoms with Crippen LogP contribution in [0.2, 0.25) is 0 Å². The normalized spacial score (nSPS) is 12.2. The van der Waals surface area contributed by atoms with E-state index in [1.54, 1.807) is 19.1 Å². The Hall–Kier alpha value is -4.28. The van der Waals surface area contributed by atoms with E-state index in [9.17, 15) is 17.6 Å². The number of nitrogens with one attached hydrogen (secondary N) is 2. The molecule has 1 atom stereocenters. The summed E-state index contributed by atoms with van der Waals surface area (Å²) in [5.74, 6) is -0.935. The van der Waals surface area contributed by atoms with Gasteiger partial charge in [-0.25, -0.2) is 12.8 Å². The lowest BCUT2D eigenvalue weighted by molar-refractivity contribution is 0.0704. The molecule has 0 fully saturated rings. The summed E-state index contributed by atoms with van der Waals surface area (Å²) >= 11 is 0. The lowest BCUT2D eigenvalue weighted by Crippen LogP contribution is -2.22. The summed E-state index contributed by atoms with van der Waals surface area (Å²) in [5.41, 5.74) is 2.58. The Morgan fingerprint density at radius 2 is 1.88 bits per heavy atom. The summed E-state index contributed by atoms with van der Waals surface area (Å²) in [6.07, 6.45) is 1.26. The average Bonchev–Trinajstić information content (AvgIpc) is 3.31. The zero-order valence-electron chi connectivity index (χ0n) is 22.2. The summed E-state index contributed by atoms with van der Waals surface area (Å²) in [5, 5.41) is 2.94. The number of sulfonamides is 1. The van der Waals surface area contributed by atoms with E-state index in [-0.39, 0.29) is 35.0 Å². The number of carbonyl (C=O) groups excluding carboxylic acids is 1. The van der Waals surface area contributed by atoms with Crippen molar-refractivity contribution in [3.8, 4) is 11.3 Å². The lowest BCUT2D eigenvalue weighted by Gasteiger charge is -2.16. The fourth-order valence-corrected chi connectivity index (χ4v) is 5.19. The molecule has 0 radical (unpaired) electrons. The van der Waals surface area contributed by atoms with Crippen LogP contribution in [0, 0.1) is 5.82 Å². The van der Waals surface area contributed by atoms with Crippen LogP contribution in [-0.4, -0.2) is 38.2 Å². The van der Waals surface area contributed by atoms with Crippen LogP contribution < -0.4 is 10.0 Å².